The second-order valence-electron chi connectivity index (χ2n) is 0.366. The summed E-state index contributed by atoms with van der Waals surface area (Å²) in [6.45, 7) is 0. The lowest BCUT2D eigenvalue weighted by atomic mass is 13.3. The van der Waals surface area contributed by atoms with Gasteiger partial charge in [0.15, 0.2) is 10.7 Å². The lowest BCUT2D eigenvalue weighted by molar-refractivity contribution is -0.517. The molecule has 0 saturated carbocycles. The van der Waals surface area contributed by atoms with Gasteiger partial charge < -0.3 is 0 Å². The Hall–Kier alpha value is -1.24. The Balaban J connectivity index is 2.68. The quantitative estimate of drug-likeness (QED) is 0.222. The first-order chi connectivity index (χ1) is 3.41. The Morgan fingerprint density at radius 3 is 1.71 bits per heavy atom. The normalized spacial score (nSPS) is 6.86. The van der Waals surface area contributed by atoms with Gasteiger partial charge in [-0.25, -0.2) is 0 Å². The maximum absolute atomic E-state index is 8.86. The molecule has 0 amide bonds. The monoisotopic (exact) mass is 108 g/mol. The minimum atomic E-state index is 1.68. The molecule has 7 heavy (non-hydrogen) atoms. The van der Waals surface area contributed by atoms with E-state index in [-0.39, 0.29) is 0 Å². The summed E-state index contributed by atoms with van der Waals surface area (Å²) < 4.78 is 0. The smallest absolute Gasteiger partial charge is 0.137 e. The summed E-state index contributed by atoms with van der Waals surface area (Å²) in [6.07, 6.45) is 0. The van der Waals surface area contributed by atoms with E-state index in [2.05, 4.69) is 15.0 Å². The van der Waals surface area contributed by atoms with Crippen LogP contribution in [0.3, 0.4) is 0 Å². The molecule has 0 unspecified atom stereocenters. The average Bonchev–Trinajstić information content (AvgIpc) is 1.69. The number of rotatable bonds is 4. The molecule has 40 valence electrons. The Morgan fingerprint density at radius 1 is 1.00 bits per heavy atom. The van der Waals surface area contributed by atoms with Crippen molar-refractivity contribution in [1.29, 1.82) is 0 Å². The molecule has 0 heterocycles. The van der Waals surface area contributed by atoms with Crippen LogP contribution in [0.1, 0.15) is 0 Å². The highest BCUT2D eigenvalue weighted by atomic mass is 17.6. The molecule has 0 bridgehead atoms. The summed E-state index contributed by atoms with van der Waals surface area (Å²) in [5.74, 6) is 0. The first kappa shape index (κ1) is 5.76. The molecule has 0 aliphatic heterocycles. The molecule has 0 aromatic rings. The molecule has 0 aromatic heterocycles. The van der Waals surface area contributed by atoms with Crippen LogP contribution in [0, 0.1) is 9.81 Å². The number of nitrogens with zero attached hydrogens (tertiary/aromatic N) is 2. The van der Waals surface area contributed by atoms with Gasteiger partial charge in [-0.1, -0.05) is 0 Å². The van der Waals surface area contributed by atoms with Crippen molar-refractivity contribution in [3.8, 4) is 0 Å². The van der Waals surface area contributed by atoms with Crippen LogP contribution in [0.15, 0.2) is 10.7 Å². The van der Waals surface area contributed by atoms with E-state index in [9.17, 15) is 0 Å². The Kier molecular flexibility index (Phi) is 3.92. The highest BCUT2D eigenvalue weighted by molar-refractivity contribution is 3.88. The summed E-state index contributed by atoms with van der Waals surface area (Å²) >= 11 is 0. The highest BCUT2D eigenvalue weighted by Gasteiger charge is 1.79. The first-order valence-corrected chi connectivity index (χ1v) is 1.06. The van der Waals surface area contributed by atoms with E-state index in [1.54, 1.807) is 10.7 Å². The van der Waals surface area contributed by atoms with Gasteiger partial charge in [0.05, 0.1) is 5.04 Å². The minimum absolute atomic E-state index is 1.68. The fourth-order valence-electron chi connectivity index (χ4n) is 0.0385. The molecule has 0 fully saturated rings. The maximum Gasteiger partial charge on any atom is 0.194 e. The van der Waals surface area contributed by atoms with E-state index in [0.29, 0.717) is 0 Å². The molecule has 7 nitrogen and oxygen atoms in total. The molecule has 0 atom stereocenters. The van der Waals surface area contributed by atoms with Crippen molar-refractivity contribution >= 4 is 0 Å². The Bertz CT molecular complexity index is 51.1. The maximum atomic E-state index is 8.86. The predicted molar refractivity (Wildman–Crippen MR) is 14.8 cm³/mol. The molecule has 0 N–H and O–H groups in total. The van der Waals surface area contributed by atoms with Crippen LogP contribution in [0.2, 0.25) is 0 Å². The molecular formula is N2O5. The van der Waals surface area contributed by atoms with Gasteiger partial charge in [0.2, 0.25) is 0 Å². The molecule has 0 rings (SSSR count). The predicted octanol–water partition coefficient (Wildman–Crippen LogP) is 0.229. The topological polar surface area (TPSA) is 86.6 Å². The van der Waals surface area contributed by atoms with E-state index >= 15 is 0 Å². The highest BCUT2D eigenvalue weighted by Crippen LogP contribution is 1.78. The summed E-state index contributed by atoms with van der Waals surface area (Å²) in [4.78, 5) is 24.0. The van der Waals surface area contributed by atoms with Crippen molar-refractivity contribution in [2.24, 2.45) is 10.7 Å². The molecule has 7 heteroatoms. The van der Waals surface area contributed by atoms with Gasteiger partial charge in [-0.05, 0) is 0 Å². The van der Waals surface area contributed by atoms with Crippen molar-refractivity contribution < 1.29 is 15.0 Å². The van der Waals surface area contributed by atoms with Gasteiger partial charge in [0.25, 0.3) is 0 Å². The van der Waals surface area contributed by atoms with E-state index in [0.717, 1.165) is 0 Å². The molecule has 0 aliphatic carbocycles. The van der Waals surface area contributed by atoms with Gasteiger partial charge in [0, 0.05) is 0 Å². The van der Waals surface area contributed by atoms with Crippen LogP contribution in [0.25, 0.3) is 0 Å². The third kappa shape index (κ3) is 4.76. The van der Waals surface area contributed by atoms with Gasteiger partial charge >= 0.3 is 0 Å². The zero-order chi connectivity index (χ0) is 5.54. The lowest BCUT2D eigenvalue weighted by Crippen LogP contribution is -1.80. The lowest BCUT2D eigenvalue weighted by Gasteiger charge is -1.79. The van der Waals surface area contributed by atoms with Crippen molar-refractivity contribution in [3.63, 3.8) is 0 Å². The molecule has 0 saturated heterocycles. The fraction of sp³-hybridized carbons (Fsp3) is 0. The summed E-state index contributed by atoms with van der Waals surface area (Å²) in [5.41, 5.74) is 0. The fourth-order valence-corrected chi connectivity index (χ4v) is 0.0385. The van der Waals surface area contributed by atoms with E-state index in [4.69, 9.17) is 9.81 Å². The van der Waals surface area contributed by atoms with Crippen LogP contribution < -0.4 is 0 Å². The van der Waals surface area contributed by atoms with Crippen LogP contribution >= 0.6 is 0 Å². The zero-order valence-corrected chi connectivity index (χ0v) is 2.94. The second kappa shape index (κ2) is 4.76. The molecular weight excluding hydrogens is 108 g/mol. The number of hydrogen-bond donors (Lipinski definition) is 0. The molecule has 0 spiro atoms. The molecule has 0 aliphatic rings. The summed E-state index contributed by atoms with van der Waals surface area (Å²) in [7, 11) is 0. The number of hydrogen-bond acceptors (Lipinski definition) is 7. The van der Waals surface area contributed by atoms with Crippen LogP contribution in [0.5, 0.6) is 0 Å². The average molecular weight is 108 g/mol. The third-order valence-corrected chi connectivity index (χ3v) is 0.122. The Morgan fingerprint density at radius 2 is 1.43 bits per heavy atom. The van der Waals surface area contributed by atoms with E-state index in [1.807, 2.05) is 0 Å². The summed E-state index contributed by atoms with van der Waals surface area (Å²) in [5, 5.41) is 6.53. The van der Waals surface area contributed by atoms with Crippen molar-refractivity contribution in [1.82, 2.24) is 0 Å². The Labute approximate surface area is 36.9 Å². The van der Waals surface area contributed by atoms with Gasteiger partial charge in [-0.2, -0.15) is 0 Å². The molecule has 0 aromatic carbocycles. The van der Waals surface area contributed by atoms with E-state index in [1.165, 1.54) is 0 Å². The van der Waals surface area contributed by atoms with Crippen molar-refractivity contribution in [2.45, 2.75) is 0 Å². The van der Waals surface area contributed by atoms with Crippen LogP contribution in [-0.4, -0.2) is 0 Å². The van der Waals surface area contributed by atoms with Gasteiger partial charge in [0.1, 0.15) is 0 Å². The first-order valence-electron chi connectivity index (χ1n) is 1.06. The van der Waals surface area contributed by atoms with Crippen LogP contribution in [0.4, 0.5) is 0 Å². The van der Waals surface area contributed by atoms with Crippen LogP contribution in [-0.2, 0) is 15.0 Å². The third-order valence-electron chi connectivity index (χ3n) is 0.122. The SMILES string of the molecule is O=NOOON=O. The largest absolute Gasteiger partial charge is 0.194 e. The summed E-state index contributed by atoms with van der Waals surface area (Å²) in [6, 6.07) is 0. The second-order valence-corrected chi connectivity index (χ2v) is 0.366. The minimum Gasteiger partial charge on any atom is -0.137 e. The zero-order valence-electron chi connectivity index (χ0n) is 2.94. The van der Waals surface area contributed by atoms with Gasteiger partial charge in [-0.15, -0.1) is 19.8 Å². The van der Waals surface area contributed by atoms with Crippen molar-refractivity contribution in [3.05, 3.63) is 9.81 Å². The molecule has 0 radical (unpaired) electrons. The van der Waals surface area contributed by atoms with E-state index < -0.39 is 0 Å². The standard InChI is InChI=1S/N2O5/c3-1-5-7-6-2-4. The van der Waals surface area contributed by atoms with Gasteiger partial charge in [-0.3, -0.25) is 0 Å². The van der Waals surface area contributed by atoms with Crippen molar-refractivity contribution in [2.75, 3.05) is 0 Å².